The summed E-state index contributed by atoms with van der Waals surface area (Å²) in [5, 5.41) is 20.1. The summed E-state index contributed by atoms with van der Waals surface area (Å²) in [5.74, 6) is 0.696. The number of phenolic OH excluding ortho intramolecular Hbond substituents is 1. The van der Waals surface area contributed by atoms with Crippen LogP contribution in [0.3, 0.4) is 0 Å². The van der Waals surface area contributed by atoms with E-state index in [0.29, 0.717) is 25.7 Å². The van der Waals surface area contributed by atoms with Gasteiger partial charge in [0.15, 0.2) is 0 Å². The standard InChI is InChI=1S/C19H23F3O2/c20-19(21,22)10-18-8-7-14-13-4-2-12(23)9-11(13)1-3-15(14)16(18)5-6-17(18)24/h2,4,9,14-17,23-24H,1,3,5-8,10H2/t14-,15-,16+,17+,18-/m1/s1. The first-order chi connectivity index (χ1) is 11.3. The summed E-state index contributed by atoms with van der Waals surface area (Å²) >= 11 is 0. The van der Waals surface area contributed by atoms with Gasteiger partial charge in [0.2, 0.25) is 0 Å². The third kappa shape index (κ3) is 2.43. The number of aliphatic hydroxyl groups is 1. The zero-order valence-electron chi connectivity index (χ0n) is 13.5. The Hall–Kier alpha value is -1.23. The topological polar surface area (TPSA) is 40.5 Å². The van der Waals surface area contributed by atoms with E-state index in [2.05, 4.69) is 0 Å². The molecule has 0 unspecified atom stereocenters. The molecular weight excluding hydrogens is 317 g/mol. The zero-order valence-corrected chi connectivity index (χ0v) is 13.5. The molecule has 2 nitrogen and oxygen atoms in total. The van der Waals surface area contributed by atoms with Crippen LogP contribution in [0.1, 0.15) is 55.6 Å². The van der Waals surface area contributed by atoms with Crippen molar-refractivity contribution in [2.24, 2.45) is 17.3 Å². The smallest absolute Gasteiger partial charge is 0.389 e. The van der Waals surface area contributed by atoms with Crippen LogP contribution in [0.15, 0.2) is 18.2 Å². The number of fused-ring (bicyclic) bond motifs is 5. The lowest BCUT2D eigenvalue weighted by molar-refractivity contribution is -0.188. The Morgan fingerprint density at radius 1 is 1.12 bits per heavy atom. The van der Waals surface area contributed by atoms with E-state index in [4.69, 9.17) is 0 Å². The van der Waals surface area contributed by atoms with Crippen LogP contribution >= 0.6 is 0 Å². The summed E-state index contributed by atoms with van der Waals surface area (Å²) in [6, 6.07) is 5.43. The maximum absolute atomic E-state index is 13.2. The Balaban J connectivity index is 1.68. The summed E-state index contributed by atoms with van der Waals surface area (Å²) in [5.41, 5.74) is 1.36. The molecule has 5 atom stereocenters. The monoisotopic (exact) mass is 340 g/mol. The summed E-state index contributed by atoms with van der Waals surface area (Å²) in [7, 11) is 0. The number of benzene rings is 1. The lowest BCUT2D eigenvalue weighted by Gasteiger charge is -2.51. The van der Waals surface area contributed by atoms with Crippen molar-refractivity contribution in [3.8, 4) is 5.75 Å². The Morgan fingerprint density at radius 2 is 1.92 bits per heavy atom. The molecule has 0 aliphatic heterocycles. The number of aliphatic hydroxyl groups excluding tert-OH is 1. The van der Waals surface area contributed by atoms with Gasteiger partial charge in [-0.2, -0.15) is 13.2 Å². The van der Waals surface area contributed by atoms with E-state index >= 15 is 0 Å². The lowest BCUT2D eigenvalue weighted by Crippen LogP contribution is -2.48. The van der Waals surface area contributed by atoms with Crippen LogP contribution in [0.4, 0.5) is 13.2 Å². The van der Waals surface area contributed by atoms with Crippen molar-refractivity contribution in [3.05, 3.63) is 29.3 Å². The third-order valence-electron chi connectivity index (χ3n) is 6.91. The zero-order chi connectivity index (χ0) is 17.1. The van der Waals surface area contributed by atoms with Crippen molar-refractivity contribution in [1.82, 2.24) is 0 Å². The van der Waals surface area contributed by atoms with Gasteiger partial charge in [-0.05, 0) is 79.5 Å². The molecule has 0 aromatic heterocycles. The molecule has 132 valence electrons. The molecule has 1 aromatic rings. The number of hydrogen-bond donors (Lipinski definition) is 2. The number of rotatable bonds is 1. The van der Waals surface area contributed by atoms with Crippen LogP contribution in [0.5, 0.6) is 5.75 Å². The second-order valence-electron chi connectivity index (χ2n) is 7.96. The number of phenols is 1. The maximum Gasteiger partial charge on any atom is 0.389 e. The largest absolute Gasteiger partial charge is 0.508 e. The molecule has 24 heavy (non-hydrogen) atoms. The first-order valence-electron chi connectivity index (χ1n) is 8.87. The molecule has 2 fully saturated rings. The quantitative estimate of drug-likeness (QED) is 0.788. The number of halogens is 3. The molecule has 0 spiro atoms. The Kier molecular flexibility index (Phi) is 3.64. The molecule has 4 rings (SSSR count). The van der Waals surface area contributed by atoms with Crippen molar-refractivity contribution < 1.29 is 23.4 Å². The van der Waals surface area contributed by atoms with Crippen molar-refractivity contribution >= 4 is 0 Å². The molecule has 0 saturated heterocycles. The fraction of sp³-hybridized carbons (Fsp3) is 0.684. The van der Waals surface area contributed by atoms with Gasteiger partial charge in [-0.15, -0.1) is 0 Å². The second-order valence-corrected chi connectivity index (χ2v) is 7.96. The van der Waals surface area contributed by atoms with E-state index in [1.165, 1.54) is 5.56 Å². The Morgan fingerprint density at radius 3 is 2.67 bits per heavy atom. The van der Waals surface area contributed by atoms with E-state index in [1.807, 2.05) is 6.07 Å². The SMILES string of the molecule is Oc1ccc2c(c1)CC[C@@H]1[C@@H]2CC[C@]2(CC(F)(F)F)[C@@H](O)CC[C@@H]12. The van der Waals surface area contributed by atoms with Crippen LogP contribution < -0.4 is 0 Å². The van der Waals surface area contributed by atoms with Crippen LogP contribution in [-0.2, 0) is 6.42 Å². The molecule has 2 N–H and O–H groups in total. The number of alkyl halides is 3. The number of hydrogen-bond acceptors (Lipinski definition) is 2. The predicted molar refractivity (Wildman–Crippen MR) is 83.7 cm³/mol. The fourth-order valence-corrected chi connectivity index (χ4v) is 6.06. The molecule has 1 aromatic carbocycles. The molecule has 3 aliphatic carbocycles. The fourth-order valence-electron chi connectivity index (χ4n) is 6.06. The van der Waals surface area contributed by atoms with E-state index in [1.54, 1.807) is 12.1 Å². The highest BCUT2D eigenvalue weighted by Crippen LogP contribution is 2.63. The van der Waals surface area contributed by atoms with E-state index in [-0.39, 0.29) is 23.5 Å². The van der Waals surface area contributed by atoms with Gasteiger partial charge < -0.3 is 10.2 Å². The first-order valence-corrected chi connectivity index (χ1v) is 8.87. The Labute approximate surface area is 139 Å². The molecule has 0 radical (unpaired) electrons. The number of aryl methyl sites for hydroxylation is 1. The van der Waals surface area contributed by atoms with Crippen molar-refractivity contribution in [3.63, 3.8) is 0 Å². The Bertz CT molecular complexity index is 642. The van der Waals surface area contributed by atoms with Gasteiger partial charge in [0.1, 0.15) is 5.75 Å². The molecule has 0 heterocycles. The average molecular weight is 340 g/mol. The average Bonchev–Trinajstić information content (AvgIpc) is 2.82. The van der Waals surface area contributed by atoms with Gasteiger partial charge in [0.05, 0.1) is 12.5 Å². The lowest BCUT2D eigenvalue weighted by atomic mass is 9.54. The van der Waals surface area contributed by atoms with E-state index < -0.39 is 24.1 Å². The van der Waals surface area contributed by atoms with Crippen LogP contribution in [0, 0.1) is 17.3 Å². The molecule has 0 amide bonds. The first kappa shape index (κ1) is 16.2. The minimum atomic E-state index is -4.23. The highest BCUT2D eigenvalue weighted by atomic mass is 19.4. The number of aromatic hydroxyl groups is 1. The van der Waals surface area contributed by atoms with Crippen LogP contribution in [0.2, 0.25) is 0 Å². The highest BCUT2D eigenvalue weighted by Gasteiger charge is 2.60. The second kappa shape index (κ2) is 5.38. The minimum Gasteiger partial charge on any atom is -0.508 e. The van der Waals surface area contributed by atoms with Crippen molar-refractivity contribution in [1.29, 1.82) is 0 Å². The van der Waals surface area contributed by atoms with Crippen LogP contribution in [0.25, 0.3) is 0 Å². The molecular formula is C19H23F3O2. The summed E-state index contributed by atoms with van der Waals surface area (Å²) in [6.07, 6.45) is -1.90. The minimum absolute atomic E-state index is 0.0465. The van der Waals surface area contributed by atoms with Crippen molar-refractivity contribution in [2.75, 3.05) is 0 Å². The van der Waals surface area contributed by atoms with Gasteiger partial charge in [0, 0.05) is 5.41 Å². The molecule has 2 saturated carbocycles. The maximum atomic E-state index is 13.2. The molecule has 3 aliphatic rings. The third-order valence-corrected chi connectivity index (χ3v) is 6.91. The van der Waals surface area contributed by atoms with E-state index in [9.17, 15) is 23.4 Å². The van der Waals surface area contributed by atoms with E-state index in [0.717, 1.165) is 18.4 Å². The van der Waals surface area contributed by atoms with Gasteiger partial charge in [-0.1, -0.05) is 6.07 Å². The predicted octanol–water partition coefficient (Wildman–Crippen LogP) is 4.54. The van der Waals surface area contributed by atoms with Crippen LogP contribution in [-0.4, -0.2) is 22.5 Å². The summed E-state index contributed by atoms with van der Waals surface area (Å²) in [4.78, 5) is 0. The van der Waals surface area contributed by atoms with Gasteiger partial charge >= 0.3 is 6.18 Å². The summed E-state index contributed by atoms with van der Waals surface area (Å²) < 4.78 is 39.6. The summed E-state index contributed by atoms with van der Waals surface area (Å²) in [6.45, 7) is 0. The van der Waals surface area contributed by atoms with Gasteiger partial charge in [-0.3, -0.25) is 0 Å². The highest BCUT2D eigenvalue weighted by molar-refractivity contribution is 5.40. The van der Waals surface area contributed by atoms with Gasteiger partial charge in [0.25, 0.3) is 0 Å². The molecule has 0 bridgehead atoms. The normalized spacial score (nSPS) is 38.3. The van der Waals surface area contributed by atoms with Gasteiger partial charge in [-0.25, -0.2) is 0 Å². The van der Waals surface area contributed by atoms with Crippen molar-refractivity contribution in [2.45, 2.75) is 63.1 Å². The molecule has 5 heteroatoms.